The first-order valence-corrected chi connectivity index (χ1v) is 6.11. The van der Waals surface area contributed by atoms with Gasteiger partial charge in [0.2, 0.25) is 0 Å². The molecule has 3 N–H and O–H groups in total. The highest BCUT2D eigenvalue weighted by Crippen LogP contribution is 2.16. The third kappa shape index (κ3) is 2.58. The summed E-state index contributed by atoms with van der Waals surface area (Å²) in [5.41, 5.74) is 6.62. The molecule has 2 aromatic heterocycles. The average Bonchev–Trinajstić information content (AvgIpc) is 2.77. The van der Waals surface area contributed by atoms with Crippen LogP contribution in [-0.2, 0) is 0 Å². The van der Waals surface area contributed by atoms with E-state index in [0.29, 0.717) is 18.5 Å². The van der Waals surface area contributed by atoms with Gasteiger partial charge in [0.25, 0.3) is 0 Å². The average molecular weight is 232 g/mol. The summed E-state index contributed by atoms with van der Waals surface area (Å²) in [7, 11) is 0. The van der Waals surface area contributed by atoms with Crippen molar-refractivity contribution in [3.63, 3.8) is 0 Å². The molecular weight excluding hydrogens is 212 g/mol. The van der Waals surface area contributed by atoms with Gasteiger partial charge < -0.3 is 11.1 Å². The molecule has 0 aromatic carbocycles. The van der Waals surface area contributed by atoms with E-state index < -0.39 is 0 Å². The smallest absolute Gasteiger partial charge is 0.138 e. The molecule has 1 unspecified atom stereocenters. The number of fused-ring (bicyclic) bond motifs is 1. The van der Waals surface area contributed by atoms with Crippen LogP contribution < -0.4 is 11.1 Å². The minimum Gasteiger partial charge on any atom is -0.368 e. The van der Waals surface area contributed by atoms with E-state index in [1.165, 1.54) is 0 Å². The van der Waals surface area contributed by atoms with Gasteiger partial charge in [0, 0.05) is 18.4 Å². The van der Waals surface area contributed by atoms with Gasteiger partial charge in [0.1, 0.15) is 11.5 Å². The summed E-state index contributed by atoms with van der Waals surface area (Å²) in [6.45, 7) is 5.12. The first-order chi connectivity index (χ1) is 8.22. The Balaban J connectivity index is 2.24. The molecule has 4 heteroatoms. The topological polar surface area (TPSA) is 55.3 Å². The van der Waals surface area contributed by atoms with Crippen molar-refractivity contribution in [1.82, 2.24) is 9.38 Å². The molecule has 0 fully saturated rings. The normalized spacial score (nSPS) is 13.2. The lowest BCUT2D eigenvalue weighted by Gasteiger charge is -2.23. The molecule has 2 heterocycles. The molecule has 0 radical (unpaired) electrons. The second-order valence-corrected chi connectivity index (χ2v) is 4.64. The third-order valence-electron chi connectivity index (χ3n) is 3.04. The molecule has 0 saturated carbocycles. The number of nitrogens with two attached hydrogens (primary N) is 1. The Hall–Kier alpha value is -1.55. The maximum Gasteiger partial charge on any atom is 0.138 e. The summed E-state index contributed by atoms with van der Waals surface area (Å²) in [6, 6.07) is 6.48. The van der Waals surface area contributed by atoms with Crippen molar-refractivity contribution in [2.75, 3.05) is 11.9 Å². The Morgan fingerprint density at radius 2 is 2.24 bits per heavy atom. The van der Waals surface area contributed by atoms with Gasteiger partial charge in [-0.2, -0.15) is 0 Å². The van der Waals surface area contributed by atoms with E-state index in [1.807, 2.05) is 24.5 Å². The molecule has 2 rings (SSSR count). The number of imidazole rings is 1. The highest BCUT2D eigenvalue weighted by Gasteiger charge is 2.13. The highest BCUT2D eigenvalue weighted by molar-refractivity contribution is 5.50. The molecule has 2 aromatic rings. The Kier molecular flexibility index (Phi) is 3.64. The standard InChI is InChI=1S/C13H20N4/c1-10(2)11(6-7-14)16-13-5-3-4-12-15-8-9-17(12)13/h3-5,8-11,16H,6-7,14H2,1-2H3. The fourth-order valence-corrected chi connectivity index (χ4v) is 2.01. The lowest BCUT2D eigenvalue weighted by atomic mass is 10.0. The molecule has 0 bridgehead atoms. The molecular formula is C13H20N4. The SMILES string of the molecule is CC(C)C(CCN)Nc1cccc2nccn12. The van der Waals surface area contributed by atoms with Crippen molar-refractivity contribution in [2.24, 2.45) is 11.7 Å². The minimum absolute atomic E-state index is 0.396. The summed E-state index contributed by atoms with van der Waals surface area (Å²) < 4.78 is 2.06. The van der Waals surface area contributed by atoms with Crippen LogP contribution in [0.25, 0.3) is 5.65 Å². The van der Waals surface area contributed by atoms with Crippen LogP contribution in [0.1, 0.15) is 20.3 Å². The van der Waals surface area contributed by atoms with Crippen LogP contribution in [0.5, 0.6) is 0 Å². The maximum absolute atomic E-state index is 5.65. The number of nitrogens with zero attached hydrogens (tertiary/aromatic N) is 2. The van der Waals surface area contributed by atoms with Gasteiger partial charge in [-0.3, -0.25) is 4.40 Å². The van der Waals surface area contributed by atoms with Crippen molar-refractivity contribution in [3.05, 3.63) is 30.6 Å². The van der Waals surface area contributed by atoms with Crippen LogP contribution in [-0.4, -0.2) is 22.0 Å². The number of hydrogen-bond acceptors (Lipinski definition) is 3. The second kappa shape index (κ2) is 5.19. The van der Waals surface area contributed by atoms with Gasteiger partial charge in [0.05, 0.1) is 0 Å². The first-order valence-electron chi connectivity index (χ1n) is 6.11. The van der Waals surface area contributed by atoms with Crippen LogP contribution in [0.2, 0.25) is 0 Å². The minimum atomic E-state index is 0.396. The second-order valence-electron chi connectivity index (χ2n) is 4.64. The predicted molar refractivity (Wildman–Crippen MR) is 71.1 cm³/mol. The zero-order valence-electron chi connectivity index (χ0n) is 10.4. The molecule has 17 heavy (non-hydrogen) atoms. The first kappa shape index (κ1) is 11.9. The van der Waals surface area contributed by atoms with Gasteiger partial charge in [-0.15, -0.1) is 0 Å². The maximum atomic E-state index is 5.65. The van der Waals surface area contributed by atoms with Crippen molar-refractivity contribution in [1.29, 1.82) is 0 Å². The Bertz CT molecular complexity index is 475. The lowest BCUT2D eigenvalue weighted by Crippen LogP contribution is -2.29. The number of hydrogen-bond donors (Lipinski definition) is 2. The van der Waals surface area contributed by atoms with Crippen LogP contribution in [0, 0.1) is 5.92 Å². The van der Waals surface area contributed by atoms with E-state index in [-0.39, 0.29) is 0 Å². The van der Waals surface area contributed by atoms with Gasteiger partial charge >= 0.3 is 0 Å². The largest absolute Gasteiger partial charge is 0.368 e. The van der Waals surface area contributed by atoms with Gasteiger partial charge in [-0.1, -0.05) is 19.9 Å². The number of anilines is 1. The zero-order chi connectivity index (χ0) is 12.3. The van der Waals surface area contributed by atoms with E-state index in [4.69, 9.17) is 5.73 Å². The third-order valence-corrected chi connectivity index (χ3v) is 3.04. The summed E-state index contributed by atoms with van der Waals surface area (Å²) in [6.07, 6.45) is 4.76. The van der Waals surface area contributed by atoms with Gasteiger partial charge in [-0.25, -0.2) is 4.98 Å². The van der Waals surface area contributed by atoms with Crippen LogP contribution in [0.4, 0.5) is 5.82 Å². The van der Waals surface area contributed by atoms with Crippen molar-refractivity contribution in [2.45, 2.75) is 26.3 Å². The van der Waals surface area contributed by atoms with E-state index in [9.17, 15) is 0 Å². The van der Waals surface area contributed by atoms with Crippen LogP contribution in [0.15, 0.2) is 30.6 Å². The molecule has 92 valence electrons. The summed E-state index contributed by atoms with van der Waals surface area (Å²) >= 11 is 0. The quantitative estimate of drug-likeness (QED) is 0.830. The monoisotopic (exact) mass is 232 g/mol. The number of nitrogens with one attached hydrogen (secondary N) is 1. The Morgan fingerprint density at radius 1 is 1.41 bits per heavy atom. The molecule has 0 amide bonds. The number of rotatable bonds is 5. The highest BCUT2D eigenvalue weighted by atomic mass is 15.1. The fourth-order valence-electron chi connectivity index (χ4n) is 2.01. The fraction of sp³-hybridized carbons (Fsp3) is 0.462. The molecule has 4 nitrogen and oxygen atoms in total. The molecule has 0 aliphatic heterocycles. The summed E-state index contributed by atoms with van der Waals surface area (Å²) in [5, 5.41) is 3.55. The lowest BCUT2D eigenvalue weighted by molar-refractivity contribution is 0.497. The van der Waals surface area contributed by atoms with Crippen LogP contribution >= 0.6 is 0 Å². The summed E-state index contributed by atoms with van der Waals surface area (Å²) in [4.78, 5) is 4.28. The van der Waals surface area contributed by atoms with E-state index in [0.717, 1.165) is 17.9 Å². The predicted octanol–water partition coefficient (Wildman–Crippen LogP) is 2.12. The van der Waals surface area contributed by atoms with Crippen molar-refractivity contribution >= 4 is 11.5 Å². The van der Waals surface area contributed by atoms with E-state index in [2.05, 4.69) is 34.6 Å². The molecule has 0 saturated heterocycles. The number of pyridine rings is 1. The summed E-state index contributed by atoms with van der Waals surface area (Å²) in [5.74, 6) is 1.63. The van der Waals surface area contributed by atoms with Gasteiger partial charge in [-0.05, 0) is 31.0 Å². The Morgan fingerprint density at radius 3 is 2.94 bits per heavy atom. The molecule has 0 aliphatic rings. The van der Waals surface area contributed by atoms with Crippen LogP contribution in [0.3, 0.4) is 0 Å². The molecule has 0 spiro atoms. The molecule has 1 atom stereocenters. The Labute approximate surface area is 102 Å². The van der Waals surface area contributed by atoms with Crippen molar-refractivity contribution < 1.29 is 0 Å². The van der Waals surface area contributed by atoms with Crippen molar-refractivity contribution in [3.8, 4) is 0 Å². The van der Waals surface area contributed by atoms with Gasteiger partial charge in [0.15, 0.2) is 0 Å². The van der Waals surface area contributed by atoms with E-state index >= 15 is 0 Å². The zero-order valence-corrected chi connectivity index (χ0v) is 10.4. The van der Waals surface area contributed by atoms with E-state index in [1.54, 1.807) is 0 Å². The molecule has 0 aliphatic carbocycles. The number of aromatic nitrogens is 2.